The number of carbonyl (C=O) groups excluding carboxylic acids is 2. The number of hydrogen-bond donors (Lipinski definition) is 3. The van der Waals surface area contributed by atoms with Crippen molar-refractivity contribution in [1.82, 2.24) is 5.32 Å². The molecule has 0 fully saturated rings. The van der Waals surface area contributed by atoms with Crippen molar-refractivity contribution in [3.63, 3.8) is 0 Å². The summed E-state index contributed by atoms with van der Waals surface area (Å²) in [6, 6.07) is -0.537. The first-order valence-corrected chi connectivity index (χ1v) is 34.4. The number of unbranched alkanes of at least 4 members (excludes halogenated alkanes) is 52. The monoisotopic (exact) mass is 1060 g/mol. The van der Waals surface area contributed by atoms with Crippen molar-refractivity contribution in [3.05, 3.63) is 12.2 Å². The highest BCUT2D eigenvalue weighted by Crippen LogP contribution is 2.19. The zero-order valence-electron chi connectivity index (χ0n) is 51.1. The first-order chi connectivity index (χ1) is 37.0. The van der Waals surface area contributed by atoms with Gasteiger partial charge in [-0.05, 0) is 51.4 Å². The zero-order chi connectivity index (χ0) is 54.3. The van der Waals surface area contributed by atoms with E-state index in [0.717, 1.165) is 44.9 Å². The third kappa shape index (κ3) is 61.7. The molecule has 1 amide bonds. The van der Waals surface area contributed by atoms with Crippen LogP contribution < -0.4 is 5.32 Å². The molecule has 2 unspecified atom stereocenters. The molecule has 0 aromatic rings. The first-order valence-electron chi connectivity index (χ1n) is 34.4. The Morgan fingerprint density at radius 3 is 0.947 bits per heavy atom. The summed E-state index contributed by atoms with van der Waals surface area (Å²) in [5.41, 5.74) is 0. The second-order valence-electron chi connectivity index (χ2n) is 23.9. The fourth-order valence-corrected chi connectivity index (χ4v) is 11.1. The molecule has 0 radical (unpaired) electrons. The molecule has 0 aromatic heterocycles. The SMILES string of the molecule is CCCCCCCCC/C=C\CCCCCCCCCC(=O)OCCCCCCCCCCCCCCCCCCCCCCCCCCCCCCC(=O)NC(CO)C(O)CCCCCCCCCCCCCC. The topological polar surface area (TPSA) is 95.9 Å². The number of allylic oxidation sites excluding steroid dienone is 2. The van der Waals surface area contributed by atoms with E-state index in [4.69, 9.17) is 4.74 Å². The number of hydrogen-bond acceptors (Lipinski definition) is 5. The molecule has 446 valence electrons. The Balaban J connectivity index is 3.31. The van der Waals surface area contributed by atoms with Crippen LogP contribution in [0.2, 0.25) is 0 Å². The molecule has 0 saturated heterocycles. The van der Waals surface area contributed by atoms with E-state index in [1.54, 1.807) is 0 Å². The average Bonchev–Trinajstić information content (AvgIpc) is 3.41. The van der Waals surface area contributed by atoms with E-state index in [9.17, 15) is 19.8 Å². The molecule has 3 N–H and O–H groups in total. The molecule has 0 saturated carbocycles. The summed E-state index contributed by atoms with van der Waals surface area (Å²) in [4.78, 5) is 24.6. The van der Waals surface area contributed by atoms with Crippen LogP contribution in [0.1, 0.15) is 393 Å². The summed E-state index contributed by atoms with van der Waals surface area (Å²) in [5, 5.41) is 23.3. The third-order valence-corrected chi connectivity index (χ3v) is 16.3. The molecule has 0 aliphatic heterocycles. The minimum atomic E-state index is -0.660. The van der Waals surface area contributed by atoms with Crippen LogP contribution in [0.15, 0.2) is 12.2 Å². The second kappa shape index (κ2) is 65.1. The summed E-state index contributed by atoms with van der Waals surface area (Å²) in [5.74, 6) is -0.0133. The molecule has 0 heterocycles. The number of aliphatic hydroxyl groups is 2. The second-order valence-corrected chi connectivity index (χ2v) is 23.9. The van der Waals surface area contributed by atoms with Crippen LogP contribution in [0.5, 0.6) is 0 Å². The lowest BCUT2D eigenvalue weighted by molar-refractivity contribution is -0.143. The Labute approximate surface area is 469 Å². The lowest BCUT2D eigenvalue weighted by Gasteiger charge is -2.22. The number of amides is 1. The average molecular weight is 1060 g/mol. The minimum Gasteiger partial charge on any atom is -0.466 e. The van der Waals surface area contributed by atoms with Gasteiger partial charge in [0.05, 0.1) is 25.4 Å². The summed E-state index contributed by atoms with van der Waals surface area (Å²) in [7, 11) is 0. The Bertz CT molecular complexity index is 1130. The highest BCUT2D eigenvalue weighted by molar-refractivity contribution is 5.76. The maximum atomic E-state index is 12.5. The number of carbonyl (C=O) groups is 2. The van der Waals surface area contributed by atoms with Gasteiger partial charge in [0.25, 0.3) is 0 Å². The Morgan fingerprint density at radius 1 is 0.360 bits per heavy atom. The number of nitrogens with one attached hydrogen (secondary N) is 1. The lowest BCUT2D eigenvalue weighted by atomic mass is 10.0. The van der Waals surface area contributed by atoms with Crippen molar-refractivity contribution in [2.45, 2.75) is 405 Å². The largest absolute Gasteiger partial charge is 0.466 e. The van der Waals surface area contributed by atoms with Crippen LogP contribution in [0, 0.1) is 0 Å². The van der Waals surface area contributed by atoms with Crippen molar-refractivity contribution in [1.29, 1.82) is 0 Å². The number of rotatable bonds is 65. The molecule has 2 atom stereocenters. The van der Waals surface area contributed by atoms with Crippen LogP contribution >= 0.6 is 0 Å². The van der Waals surface area contributed by atoms with Crippen LogP contribution in [-0.4, -0.2) is 47.4 Å². The van der Waals surface area contributed by atoms with Crippen LogP contribution in [0.3, 0.4) is 0 Å². The number of aliphatic hydroxyl groups excluding tert-OH is 2. The van der Waals surface area contributed by atoms with Crippen LogP contribution in [0.4, 0.5) is 0 Å². The van der Waals surface area contributed by atoms with Gasteiger partial charge in [-0.15, -0.1) is 0 Å². The van der Waals surface area contributed by atoms with Gasteiger partial charge in [0.15, 0.2) is 0 Å². The van der Waals surface area contributed by atoms with E-state index in [2.05, 4.69) is 31.3 Å². The van der Waals surface area contributed by atoms with Gasteiger partial charge >= 0.3 is 5.97 Å². The molecular formula is C69H135NO5. The summed E-state index contributed by atoms with van der Waals surface area (Å²) in [6.07, 6.45) is 79.7. The Morgan fingerprint density at radius 2 is 0.627 bits per heavy atom. The van der Waals surface area contributed by atoms with Gasteiger partial charge < -0.3 is 20.3 Å². The zero-order valence-corrected chi connectivity index (χ0v) is 51.1. The molecule has 6 nitrogen and oxygen atoms in total. The van der Waals surface area contributed by atoms with Crippen molar-refractivity contribution in [3.8, 4) is 0 Å². The molecule has 0 aromatic carbocycles. The maximum Gasteiger partial charge on any atom is 0.305 e. The number of ether oxygens (including phenoxy) is 1. The van der Waals surface area contributed by atoms with Crippen molar-refractivity contribution in [2.75, 3.05) is 13.2 Å². The summed E-state index contributed by atoms with van der Waals surface area (Å²) in [6.45, 7) is 4.98. The van der Waals surface area contributed by atoms with Gasteiger partial charge in [0, 0.05) is 12.8 Å². The Hall–Kier alpha value is -1.40. The molecule has 0 aliphatic rings. The fourth-order valence-electron chi connectivity index (χ4n) is 11.1. The molecule has 0 aliphatic carbocycles. The van der Waals surface area contributed by atoms with E-state index in [1.807, 2.05) is 0 Å². The number of esters is 1. The smallest absolute Gasteiger partial charge is 0.305 e. The highest BCUT2D eigenvalue weighted by atomic mass is 16.5. The third-order valence-electron chi connectivity index (χ3n) is 16.3. The van der Waals surface area contributed by atoms with Crippen molar-refractivity contribution in [2.24, 2.45) is 0 Å². The molecule has 0 rings (SSSR count). The lowest BCUT2D eigenvalue weighted by Crippen LogP contribution is -2.45. The van der Waals surface area contributed by atoms with Crippen LogP contribution in [-0.2, 0) is 14.3 Å². The van der Waals surface area contributed by atoms with Gasteiger partial charge in [0.1, 0.15) is 0 Å². The molecular weight excluding hydrogens is 923 g/mol. The van der Waals surface area contributed by atoms with Crippen molar-refractivity contribution >= 4 is 11.9 Å². The molecule has 6 heteroatoms. The van der Waals surface area contributed by atoms with E-state index in [0.29, 0.717) is 25.9 Å². The Kier molecular flexibility index (Phi) is 63.9. The summed E-state index contributed by atoms with van der Waals surface area (Å²) < 4.78 is 5.51. The van der Waals surface area contributed by atoms with Gasteiger partial charge in [-0.25, -0.2) is 0 Å². The quantitative estimate of drug-likeness (QED) is 0.0320. The standard InChI is InChI=1S/C69H135NO5/c1-3-5-7-9-11-13-15-17-18-19-33-36-39-43-47-51-55-59-63-69(74)75-64-60-56-52-48-44-40-37-34-31-29-27-25-23-21-20-22-24-26-28-30-32-35-38-42-46-50-54-58-62-68(73)70-66(65-71)67(72)61-57-53-49-45-41-16-14-12-10-8-6-4-2/h18-19,66-67,71-72H,3-17,20-65H2,1-2H3,(H,70,73)/b19-18-. The van der Waals surface area contributed by atoms with Gasteiger partial charge in [-0.2, -0.15) is 0 Å². The molecule has 0 bridgehead atoms. The summed E-state index contributed by atoms with van der Waals surface area (Å²) >= 11 is 0. The first kappa shape index (κ1) is 73.6. The van der Waals surface area contributed by atoms with E-state index in [-0.39, 0.29) is 18.5 Å². The van der Waals surface area contributed by atoms with E-state index in [1.165, 1.54) is 315 Å². The molecule has 75 heavy (non-hydrogen) atoms. The van der Waals surface area contributed by atoms with E-state index >= 15 is 0 Å². The fraction of sp³-hybridized carbons (Fsp3) is 0.942. The van der Waals surface area contributed by atoms with Crippen LogP contribution in [0.25, 0.3) is 0 Å². The molecule has 0 spiro atoms. The maximum absolute atomic E-state index is 12.5. The van der Waals surface area contributed by atoms with Gasteiger partial charge in [0.2, 0.25) is 5.91 Å². The predicted molar refractivity (Wildman–Crippen MR) is 329 cm³/mol. The van der Waals surface area contributed by atoms with Crippen molar-refractivity contribution < 1.29 is 24.5 Å². The normalized spacial score (nSPS) is 12.5. The predicted octanol–water partition coefficient (Wildman–Crippen LogP) is 22.0. The van der Waals surface area contributed by atoms with Gasteiger partial charge in [-0.3, -0.25) is 9.59 Å². The minimum absolute atomic E-state index is 0.0168. The van der Waals surface area contributed by atoms with E-state index < -0.39 is 12.1 Å². The highest BCUT2D eigenvalue weighted by Gasteiger charge is 2.20. The van der Waals surface area contributed by atoms with Gasteiger partial charge in [-0.1, -0.05) is 341 Å².